The van der Waals surface area contributed by atoms with E-state index in [-0.39, 0.29) is 0 Å². The van der Waals surface area contributed by atoms with E-state index in [1.807, 2.05) is 32.0 Å². The van der Waals surface area contributed by atoms with Gasteiger partial charge < -0.3 is 10.4 Å². The molecular weight excluding hydrogens is 270 g/mol. The van der Waals surface area contributed by atoms with E-state index < -0.39 is 0 Å². The quantitative estimate of drug-likeness (QED) is 0.780. The molecule has 2 nitrogen and oxygen atoms in total. The predicted octanol–water partition coefficient (Wildman–Crippen LogP) is 4.76. The predicted molar refractivity (Wildman–Crippen MR) is 83.7 cm³/mol. The molecule has 0 aliphatic heterocycles. The van der Waals surface area contributed by atoms with Crippen molar-refractivity contribution in [3.8, 4) is 5.75 Å². The molecule has 0 fully saturated rings. The largest absolute Gasteiger partial charge is 0.508 e. The van der Waals surface area contributed by atoms with Crippen LogP contribution in [-0.2, 0) is 6.42 Å². The summed E-state index contributed by atoms with van der Waals surface area (Å²) in [6.45, 7) is 3.93. The minimum atomic E-state index is 0.324. The Morgan fingerprint density at radius 1 is 1.15 bits per heavy atom. The monoisotopic (exact) mass is 287 g/mol. The Labute approximate surface area is 124 Å². The zero-order valence-corrected chi connectivity index (χ0v) is 12.5. The van der Waals surface area contributed by atoms with Crippen molar-refractivity contribution in [1.82, 2.24) is 0 Å². The van der Waals surface area contributed by atoms with Gasteiger partial charge in [-0.05, 0) is 73.2 Å². The second-order valence-corrected chi connectivity index (χ2v) is 5.97. The molecule has 2 N–H and O–H groups in total. The molecule has 1 unspecified atom stereocenters. The number of phenolic OH excluding ortho intramolecular Hbond substituents is 1. The number of benzene rings is 2. The van der Waals surface area contributed by atoms with Crippen LogP contribution in [0.5, 0.6) is 5.75 Å². The summed E-state index contributed by atoms with van der Waals surface area (Å²) < 4.78 is 0. The topological polar surface area (TPSA) is 32.3 Å². The summed E-state index contributed by atoms with van der Waals surface area (Å²) >= 11 is 6.05. The summed E-state index contributed by atoms with van der Waals surface area (Å²) in [5, 5.41) is 14.1. The smallest absolute Gasteiger partial charge is 0.118 e. The van der Waals surface area contributed by atoms with Crippen molar-refractivity contribution < 1.29 is 5.11 Å². The number of phenols is 1. The van der Waals surface area contributed by atoms with Gasteiger partial charge >= 0.3 is 0 Å². The number of nitrogens with one attached hydrogen (secondary N) is 1. The molecule has 2 aromatic carbocycles. The molecule has 104 valence electrons. The first-order valence-corrected chi connectivity index (χ1v) is 7.27. The highest BCUT2D eigenvalue weighted by Gasteiger charge is 2.22. The van der Waals surface area contributed by atoms with Gasteiger partial charge in [0.25, 0.3) is 0 Å². The van der Waals surface area contributed by atoms with Gasteiger partial charge in [0, 0.05) is 10.7 Å². The van der Waals surface area contributed by atoms with E-state index in [4.69, 9.17) is 11.6 Å². The van der Waals surface area contributed by atoms with Gasteiger partial charge in [0.15, 0.2) is 0 Å². The molecule has 1 aliphatic carbocycles. The molecule has 2 aromatic rings. The van der Waals surface area contributed by atoms with Crippen LogP contribution in [0.3, 0.4) is 0 Å². The number of hydrogen-bond acceptors (Lipinski definition) is 2. The van der Waals surface area contributed by atoms with Crippen molar-refractivity contribution in [2.45, 2.75) is 32.7 Å². The Balaban J connectivity index is 1.89. The number of halogens is 1. The minimum Gasteiger partial charge on any atom is -0.508 e. The number of fused-ring (bicyclic) bond motifs is 1. The Morgan fingerprint density at radius 2 is 1.95 bits per heavy atom. The third-order valence-electron chi connectivity index (χ3n) is 4.06. The van der Waals surface area contributed by atoms with E-state index in [9.17, 15) is 5.11 Å². The van der Waals surface area contributed by atoms with Gasteiger partial charge in [-0.1, -0.05) is 17.7 Å². The van der Waals surface area contributed by atoms with E-state index in [0.29, 0.717) is 11.8 Å². The van der Waals surface area contributed by atoms with E-state index in [2.05, 4.69) is 17.4 Å². The van der Waals surface area contributed by atoms with Crippen LogP contribution < -0.4 is 5.32 Å². The summed E-state index contributed by atoms with van der Waals surface area (Å²) in [6.07, 6.45) is 2.14. The highest BCUT2D eigenvalue weighted by atomic mass is 35.5. The van der Waals surface area contributed by atoms with Crippen molar-refractivity contribution in [2.75, 3.05) is 5.32 Å². The Morgan fingerprint density at radius 3 is 2.75 bits per heavy atom. The van der Waals surface area contributed by atoms with Crippen LogP contribution in [0.25, 0.3) is 0 Å². The number of aromatic hydroxyl groups is 1. The molecule has 0 bridgehead atoms. The molecule has 0 saturated carbocycles. The molecule has 0 radical (unpaired) electrons. The van der Waals surface area contributed by atoms with Gasteiger partial charge in [-0.25, -0.2) is 0 Å². The second kappa shape index (κ2) is 5.02. The first-order chi connectivity index (χ1) is 9.54. The van der Waals surface area contributed by atoms with Crippen LogP contribution in [0.15, 0.2) is 30.3 Å². The highest BCUT2D eigenvalue weighted by molar-refractivity contribution is 6.30. The standard InChI is InChI=1S/C17H18ClNO/c1-10-8-17(20)11(2)7-16(10)19-15-6-3-12-9-13(18)4-5-14(12)15/h4-5,7-9,15,19-20H,3,6H2,1-2H3. The lowest BCUT2D eigenvalue weighted by atomic mass is 10.1. The fourth-order valence-electron chi connectivity index (χ4n) is 2.88. The van der Waals surface area contributed by atoms with Crippen molar-refractivity contribution >= 4 is 17.3 Å². The zero-order chi connectivity index (χ0) is 14.3. The van der Waals surface area contributed by atoms with E-state index >= 15 is 0 Å². The third-order valence-corrected chi connectivity index (χ3v) is 4.29. The average molecular weight is 288 g/mol. The normalized spacial score (nSPS) is 17.1. The molecule has 3 heteroatoms. The van der Waals surface area contributed by atoms with Crippen LogP contribution in [-0.4, -0.2) is 5.11 Å². The number of anilines is 1. The van der Waals surface area contributed by atoms with E-state index in [0.717, 1.165) is 34.7 Å². The van der Waals surface area contributed by atoms with Gasteiger partial charge in [-0.2, -0.15) is 0 Å². The van der Waals surface area contributed by atoms with Gasteiger partial charge in [-0.15, -0.1) is 0 Å². The fourth-order valence-corrected chi connectivity index (χ4v) is 3.07. The van der Waals surface area contributed by atoms with Gasteiger partial charge in [0.1, 0.15) is 5.75 Å². The average Bonchev–Trinajstić information content (AvgIpc) is 2.78. The molecule has 1 aliphatic rings. The Bertz CT molecular complexity index is 666. The molecule has 3 rings (SSSR count). The van der Waals surface area contributed by atoms with Gasteiger partial charge in [-0.3, -0.25) is 0 Å². The molecule has 0 spiro atoms. The number of aryl methyl sites for hydroxylation is 3. The lowest BCUT2D eigenvalue weighted by molar-refractivity contribution is 0.470. The number of rotatable bonds is 2. The fraction of sp³-hybridized carbons (Fsp3) is 0.294. The minimum absolute atomic E-state index is 0.324. The van der Waals surface area contributed by atoms with Crippen molar-refractivity contribution in [3.63, 3.8) is 0 Å². The summed E-state index contributed by atoms with van der Waals surface area (Å²) in [6, 6.07) is 10.3. The summed E-state index contributed by atoms with van der Waals surface area (Å²) in [7, 11) is 0. The molecule has 0 aromatic heterocycles. The first kappa shape index (κ1) is 13.3. The highest BCUT2D eigenvalue weighted by Crippen LogP contribution is 2.36. The Hall–Kier alpha value is -1.67. The summed E-state index contributed by atoms with van der Waals surface area (Å²) in [5.41, 5.74) is 5.72. The van der Waals surface area contributed by atoms with E-state index in [1.165, 1.54) is 11.1 Å². The van der Waals surface area contributed by atoms with Crippen LogP contribution >= 0.6 is 11.6 Å². The van der Waals surface area contributed by atoms with Crippen molar-refractivity contribution in [3.05, 3.63) is 57.6 Å². The molecule has 0 amide bonds. The third kappa shape index (κ3) is 2.36. The lowest BCUT2D eigenvalue weighted by Gasteiger charge is -2.18. The molecule has 0 saturated heterocycles. The zero-order valence-electron chi connectivity index (χ0n) is 11.7. The maximum Gasteiger partial charge on any atom is 0.118 e. The van der Waals surface area contributed by atoms with E-state index in [1.54, 1.807) is 0 Å². The van der Waals surface area contributed by atoms with Crippen LogP contribution in [0.2, 0.25) is 5.02 Å². The first-order valence-electron chi connectivity index (χ1n) is 6.89. The SMILES string of the molecule is Cc1cc(NC2CCc3cc(Cl)ccc32)c(C)cc1O. The van der Waals surface area contributed by atoms with Crippen molar-refractivity contribution in [1.29, 1.82) is 0 Å². The van der Waals surface area contributed by atoms with Crippen LogP contribution in [0.4, 0.5) is 5.69 Å². The van der Waals surface area contributed by atoms with Crippen molar-refractivity contribution in [2.24, 2.45) is 0 Å². The molecule has 0 heterocycles. The van der Waals surface area contributed by atoms with Gasteiger partial charge in [0.2, 0.25) is 0 Å². The Kier molecular flexibility index (Phi) is 3.35. The lowest BCUT2D eigenvalue weighted by Crippen LogP contribution is -2.08. The molecule has 1 atom stereocenters. The maximum atomic E-state index is 9.73. The molecule has 20 heavy (non-hydrogen) atoms. The molecular formula is C17H18ClNO. The summed E-state index contributed by atoms with van der Waals surface area (Å²) in [5.74, 6) is 0.353. The maximum absolute atomic E-state index is 9.73. The van der Waals surface area contributed by atoms with Crippen LogP contribution in [0, 0.1) is 13.8 Å². The van der Waals surface area contributed by atoms with Gasteiger partial charge in [0.05, 0.1) is 6.04 Å². The van der Waals surface area contributed by atoms with Crippen LogP contribution in [0.1, 0.15) is 34.7 Å². The second-order valence-electron chi connectivity index (χ2n) is 5.53. The number of hydrogen-bond donors (Lipinski definition) is 2. The summed E-state index contributed by atoms with van der Waals surface area (Å²) in [4.78, 5) is 0.